The van der Waals surface area contributed by atoms with E-state index in [-0.39, 0.29) is 30.1 Å². The summed E-state index contributed by atoms with van der Waals surface area (Å²) in [5.74, 6) is 0.377. The molecule has 1 aliphatic rings. The molecule has 1 aliphatic heterocycles. The van der Waals surface area contributed by atoms with Crippen LogP contribution in [-0.4, -0.2) is 40.2 Å². The molecule has 1 fully saturated rings. The molecule has 3 aromatic rings. The highest BCUT2D eigenvalue weighted by Crippen LogP contribution is 2.29. The Morgan fingerprint density at radius 2 is 1.97 bits per heavy atom. The number of carbonyl (C=O) groups excluding carboxylic acids is 1. The summed E-state index contributed by atoms with van der Waals surface area (Å²) in [5.41, 5.74) is 1.56. The number of carbonyl (C=O) groups is 1. The van der Waals surface area contributed by atoms with Crippen LogP contribution in [0.15, 0.2) is 59.3 Å². The number of halogens is 2. The summed E-state index contributed by atoms with van der Waals surface area (Å²) in [6.45, 7) is 1.11. The van der Waals surface area contributed by atoms with E-state index in [0.29, 0.717) is 34.8 Å². The van der Waals surface area contributed by atoms with Gasteiger partial charge in [-0.15, -0.1) is 0 Å². The molecular formula is C21H18BrFN4O3. The minimum atomic E-state index is -0.369. The minimum Gasteiger partial charge on any atom is -0.485 e. The molecule has 1 aromatic heterocycles. The van der Waals surface area contributed by atoms with Crippen LogP contribution in [0.4, 0.5) is 15.9 Å². The Morgan fingerprint density at radius 3 is 2.63 bits per heavy atom. The lowest BCUT2D eigenvalue weighted by Crippen LogP contribution is -2.54. The molecule has 9 heteroatoms. The number of aliphatic hydroxyl groups excluding tert-OH is 1. The number of anilines is 2. The van der Waals surface area contributed by atoms with Crippen molar-refractivity contribution < 1.29 is 19.0 Å². The van der Waals surface area contributed by atoms with Gasteiger partial charge in [-0.05, 0) is 45.8 Å². The predicted octanol–water partition coefficient (Wildman–Crippen LogP) is 3.39. The topological polar surface area (TPSA) is 87.6 Å². The molecule has 154 valence electrons. The van der Waals surface area contributed by atoms with Crippen LogP contribution in [0.25, 0.3) is 0 Å². The Balaban J connectivity index is 1.31. The van der Waals surface area contributed by atoms with Crippen LogP contribution < -0.4 is 15.0 Å². The zero-order valence-corrected chi connectivity index (χ0v) is 17.3. The number of hydrogen-bond acceptors (Lipinski definition) is 6. The number of rotatable bonds is 6. The fourth-order valence-electron chi connectivity index (χ4n) is 2.94. The van der Waals surface area contributed by atoms with Gasteiger partial charge in [0.05, 0.1) is 36.6 Å². The lowest BCUT2D eigenvalue weighted by molar-refractivity contribution is 0.102. The van der Waals surface area contributed by atoms with Crippen LogP contribution in [0.2, 0.25) is 0 Å². The molecule has 7 nitrogen and oxygen atoms in total. The molecule has 2 aromatic carbocycles. The van der Waals surface area contributed by atoms with E-state index in [1.54, 1.807) is 30.3 Å². The second-order valence-corrected chi connectivity index (χ2v) is 7.64. The van der Waals surface area contributed by atoms with Crippen molar-refractivity contribution in [3.63, 3.8) is 0 Å². The molecule has 0 atom stereocenters. The maximum Gasteiger partial charge on any atom is 0.275 e. The van der Waals surface area contributed by atoms with Gasteiger partial charge < -0.3 is 20.1 Å². The number of hydrogen-bond donors (Lipinski definition) is 2. The molecule has 2 heterocycles. The summed E-state index contributed by atoms with van der Waals surface area (Å²) >= 11 is 3.35. The molecule has 0 aliphatic carbocycles. The number of nitrogens with one attached hydrogen (secondary N) is 1. The fourth-order valence-corrected chi connectivity index (χ4v) is 3.28. The first-order chi connectivity index (χ1) is 14.5. The standard InChI is InChI=1S/C21H18BrFN4O3/c22-17-6-3-14(23)7-19(17)30-16-10-27(11-16)20-9-24-18(8-25-20)21(29)26-15-4-1-13(12-28)2-5-15/h1-9,16,28H,10-12H2,(H,26,29). The lowest BCUT2D eigenvalue weighted by Gasteiger charge is -2.39. The largest absolute Gasteiger partial charge is 0.485 e. The van der Waals surface area contributed by atoms with Crippen LogP contribution in [0.1, 0.15) is 16.1 Å². The van der Waals surface area contributed by atoms with E-state index < -0.39 is 0 Å². The van der Waals surface area contributed by atoms with Gasteiger partial charge in [-0.3, -0.25) is 4.79 Å². The summed E-state index contributed by atoms with van der Waals surface area (Å²) < 4.78 is 19.9. The molecule has 1 saturated heterocycles. The molecule has 0 spiro atoms. The van der Waals surface area contributed by atoms with Crippen LogP contribution in [0.5, 0.6) is 5.75 Å². The van der Waals surface area contributed by atoms with Crippen molar-refractivity contribution in [3.05, 3.63) is 76.4 Å². The van der Waals surface area contributed by atoms with Crippen LogP contribution in [0.3, 0.4) is 0 Å². The predicted molar refractivity (Wildman–Crippen MR) is 113 cm³/mol. The van der Waals surface area contributed by atoms with Crippen molar-refractivity contribution in [1.29, 1.82) is 0 Å². The van der Waals surface area contributed by atoms with E-state index in [0.717, 1.165) is 5.56 Å². The molecule has 0 bridgehead atoms. The highest BCUT2D eigenvalue weighted by Gasteiger charge is 2.30. The molecule has 0 saturated carbocycles. The third-order valence-electron chi connectivity index (χ3n) is 4.62. The Bertz CT molecular complexity index is 1040. The third-order valence-corrected chi connectivity index (χ3v) is 5.28. The van der Waals surface area contributed by atoms with Gasteiger partial charge in [0.2, 0.25) is 0 Å². The van der Waals surface area contributed by atoms with Gasteiger partial charge in [0, 0.05) is 11.8 Å². The number of aromatic nitrogens is 2. The van der Waals surface area contributed by atoms with Crippen molar-refractivity contribution in [2.45, 2.75) is 12.7 Å². The summed E-state index contributed by atoms with van der Waals surface area (Å²) in [7, 11) is 0. The molecule has 2 N–H and O–H groups in total. The van der Waals surface area contributed by atoms with Crippen molar-refractivity contribution in [2.24, 2.45) is 0 Å². The highest BCUT2D eigenvalue weighted by molar-refractivity contribution is 9.10. The van der Waals surface area contributed by atoms with E-state index in [2.05, 4.69) is 31.2 Å². The Hall–Kier alpha value is -3.04. The lowest BCUT2D eigenvalue weighted by atomic mass is 10.1. The van der Waals surface area contributed by atoms with Crippen molar-refractivity contribution in [3.8, 4) is 5.75 Å². The second kappa shape index (κ2) is 8.76. The van der Waals surface area contributed by atoms with E-state index in [1.807, 2.05) is 4.90 Å². The number of aliphatic hydroxyl groups is 1. The van der Waals surface area contributed by atoms with Gasteiger partial charge in [0.1, 0.15) is 29.2 Å². The first kappa shape index (κ1) is 20.2. The van der Waals surface area contributed by atoms with E-state index in [1.165, 1.54) is 24.5 Å². The molecule has 0 radical (unpaired) electrons. The van der Waals surface area contributed by atoms with Gasteiger partial charge in [0.25, 0.3) is 5.91 Å². The SMILES string of the molecule is O=C(Nc1ccc(CO)cc1)c1cnc(N2CC(Oc3cc(F)ccc3Br)C2)cn1. The highest BCUT2D eigenvalue weighted by atomic mass is 79.9. The molecule has 30 heavy (non-hydrogen) atoms. The zero-order chi connectivity index (χ0) is 21.1. The van der Waals surface area contributed by atoms with Gasteiger partial charge in [-0.1, -0.05) is 12.1 Å². The first-order valence-electron chi connectivity index (χ1n) is 9.21. The van der Waals surface area contributed by atoms with Gasteiger partial charge >= 0.3 is 0 Å². The van der Waals surface area contributed by atoms with E-state index in [4.69, 9.17) is 9.84 Å². The maximum absolute atomic E-state index is 13.4. The van der Waals surface area contributed by atoms with Crippen LogP contribution >= 0.6 is 15.9 Å². The van der Waals surface area contributed by atoms with E-state index >= 15 is 0 Å². The van der Waals surface area contributed by atoms with Gasteiger partial charge in [0.15, 0.2) is 0 Å². The third kappa shape index (κ3) is 4.58. The molecule has 1 amide bonds. The summed E-state index contributed by atoms with van der Waals surface area (Å²) in [6, 6.07) is 11.2. The number of ether oxygens (including phenoxy) is 1. The molecule has 0 unspecified atom stereocenters. The number of amides is 1. The fraction of sp³-hybridized carbons (Fsp3) is 0.190. The Morgan fingerprint density at radius 1 is 1.20 bits per heavy atom. The molecular weight excluding hydrogens is 455 g/mol. The maximum atomic E-state index is 13.4. The normalized spacial score (nSPS) is 13.6. The smallest absolute Gasteiger partial charge is 0.275 e. The summed E-state index contributed by atoms with van der Waals surface area (Å²) in [4.78, 5) is 22.8. The Kier molecular flexibility index (Phi) is 5.91. The quantitative estimate of drug-likeness (QED) is 0.571. The summed E-state index contributed by atoms with van der Waals surface area (Å²) in [6.07, 6.45) is 2.87. The van der Waals surface area contributed by atoms with Crippen LogP contribution in [-0.2, 0) is 6.61 Å². The van der Waals surface area contributed by atoms with Crippen LogP contribution in [0, 0.1) is 5.82 Å². The average molecular weight is 473 g/mol. The summed E-state index contributed by atoms with van der Waals surface area (Å²) in [5, 5.41) is 11.8. The van der Waals surface area contributed by atoms with Crippen molar-refractivity contribution in [1.82, 2.24) is 9.97 Å². The monoisotopic (exact) mass is 472 g/mol. The number of nitrogens with zero attached hydrogens (tertiary/aromatic N) is 3. The van der Waals surface area contributed by atoms with E-state index in [9.17, 15) is 9.18 Å². The first-order valence-corrected chi connectivity index (χ1v) is 10.0. The second-order valence-electron chi connectivity index (χ2n) is 6.79. The van der Waals surface area contributed by atoms with Crippen molar-refractivity contribution in [2.75, 3.05) is 23.3 Å². The zero-order valence-electron chi connectivity index (χ0n) is 15.8. The Labute approximate surface area is 180 Å². The minimum absolute atomic E-state index is 0.0525. The van der Waals surface area contributed by atoms with Gasteiger partial charge in [-0.2, -0.15) is 0 Å². The number of benzene rings is 2. The van der Waals surface area contributed by atoms with Crippen molar-refractivity contribution >= 4 is 33.3 Å². The molecule has 4 rings (SSSR count). The van der Waals surface area contributed by atoms with Gasteiger partial charge in [-0.25, -0.2) is 14.4 Å². The average Bonchev–Trinajstić information content (AvgIpc) is 2.73.